The largest absolute Gasteiger partial charge is 0.0651 e. The Morgan fingerprint density at radius 2 is 1.71 bits per heavy atom. The molecule has 0 aromatic heterocycles. The summed E-state index contributed by atoms with van der Waals surface area (Å²) in [6, 6.07) is 0. The second-order valence-corrected chi connectivity index (χ2v) is 6.69. The minimum Gasteiger partial charge on any atom is -0.0651 e. The predicted molar refractivity (Wildman–Crippen MR) is 64.4 cm³/mol. The molecule has 0 radical (unpaired) electrons. The van der Waals surface area contributed by atoms with E-state index in [4.69, 9.17) is 0 Å². The van der Waals surface area contributed by atoms with Crippen LogP contribution in [0.25, 0.3) is 0 Å². The molecule has 1 fully saturated rings. The Morgan fingerprint density at radius 1 is 1.21 bits per heavy atom. The molecule has 0 aromatic rings. The highest BCUT2D eigenvalue weighted by Crippen LogP contribution is 2.53. The molecular formula is C14H28. The molecule has 1 atom stereocenters. The van der Waals surface area contributed by atoms with E-state index in [1.54, 1.807) is 0 Å². The van der Waals surface area contributed by atoms with Gasteiger partial charge in [0.1, 0.15) is 0 Å². The lowest BCUT2D eigenvalue weighted by molar-refractivity contribution is -0.00658. The van der Waals surface area contributed by atoms with E-state index in [0.29, 0.717) is 10.8 Å². The van der Waals surface area contributed by atoms with Gasteiger partial charge in [0.05, 0.1) is 0 Å². The number of hydrogen-bond acceptors (Lipinski definition) is 0. The first kappa shape index (κ1) is 12.1. The number of rotatable bonds is 4. The van der Waals surface area contributed by atoms with E-state index in [1.165, 1.54) is 25.7 Å². The van der Waals surface area contributed by atoms with Gasteiger partial charge in [-0.15, -0.1) is 0 Å². The average molecular weight is 196 g/mol. The minimum absolute atomic E-state index is 0.552. The van der Waals surface area contributed by atoms with Crippen molar-refractivity contribution >= 4 is 0 Å². The molecule has 1 aliphatic carbocycles. The van der Waals surface area contributed by atoms with Crippen LogP contribution in [0.5, 0.6) is 0 Å². The first-order chi connectivity index (χ1) is 6.32. The monoisotopic (exact) mass is 196 g/mol. The maximum absolute atomic E-state index is 2.45. The zero-order valence-electron chi connectivity index (χ0n) is 11.0. The van der Waals surface area contributed by atoms with Crippen LogP contribution >= 0.6 is 0 Å². The molecule has 1 aliphatic rings. The van der Waals surface area contributed by atoms with Gasteiger partial charge < -0.3 is 0 Å². The van der Waals surface area contributed by atoms with Crippen LogP contribution in [0, 0.1) is 22.7 Å². The summed E-state index contributed by atoms with van der Waals surface area (Å²) in [7, 11) is 0. The summed E-state index contributed by atoms with van der Waals surface area (Å²) in [6.07, 6.45) is 5.59. The zero-order valence-corrected chi connectivity index (χ0v) is 11.0. The molecule has 1 unspecified atom stereocenters. The van der Waals surface area contributed by atoms with Gasteiger partial charge in [-0.2, -0.15) is 0 Å². The van der Waals surface area contributed by atoms with Gasteiger partial charge >= 0.3 is 0 Å². The zero-order chi connectivity index (χ0) is 11.0. The maximum atomic E-state index is 2.45. The van der Waals surface area contributed by atoms with E-state index >= 15 is 0 Å². The summed E-state index contributed by atoms with van der Waals surface area (Å²) >= 11 is 0. The third-order valence-corrected chi connectivity index (χ3v) is 4.55. The van der Waals surface area contributed by atoms with Gasteiger partial charge in [0.15, 0.2) is 0 Å². The summed E-state index contributed by atoms with van der Waals surface area (Å²) in [5.74, 6) is 1.95. The van der Waals surface area contributed by atoms with Crippen LogP contribution in [-0.4, -0.2) is 0 Å². The normalized spacial score (nSPS) is 24.4. The Kier molecular flexibility index (Phi) is 3.33. The maximum Gasteiger partial charge on any atom is -0.0326 e. The molecule has 84 valence electrons. The molecule has 1 saturated carbocycles. The Morgan fingerprint density at radius 3 is 2.00 bits per heavy atom. The van der Waals surface area contributed by atoms with Crippen molar-refractivity contribution in [3.8, 4) is 0 Å². The second-order valence-electron chi connectivity index (χ2n) is 6.69. The van der Waals surface area contributed by atoms with Crippen molar-refractivity contribution in [2.45, 2.75) is 67.2 Å². The van der Waals surface area contributed by atoms with Gasteiger partial charge in [0.25, 0.3) is 0 Å². The quantitative estimate of drug-likeness (QED) is 0.601. The van der Waals surface area contributed by atoms with E-state index in [1.807, 2.05) is 0 Å². The molecule has 14 heavy (non-hydrogen) atoms. The Bertz CT molecular complexity index is 180. The summed E-state index contributed by atoms with van der Waals surface area (Å²) in [4.78, 5) is 0. The first-order valence-electron chi connectivity index (χ1n) is 6.32. The van der Waals surface area contributed by atoms with Crippen LogP contribution in [0.15, 0.2) is 0 Å². The van der Waals surface area contributed by atoms with Crippen LogP contribution in [0.2, 0.25) is 0 Å². The molecule has 0 N–H and O–H groups in total. The smallest absolute Gasteiger partial charge is 0.0326 e. The van der Waals surface area contributed by atoms with Gasteiger partial charge in [0.2, 0.25) is 0 Å². The SMILES string of the molecule is CCC(C1CC(C)(C)C1)C(C)(C)CC. The first-order valence-corrected chi connectivity index (χ1v) is 6.32. The van der Waals surface area contributed by atoms with Gasteiger partial charge in [-0.1, -0.05) is 54.4 Å². The molecular weight excluding hydrogens is 168 g/mol. The van der Waals surface area contributed by atoms with E-state index in [-0.39, 0.29) is 0 Å². The molecule has 0 spiro atoms. The molecule has 0 saturated heterocycles. The molecule has 1 rings (SSSR count). The predicted octanol–water partition coefficient (Wildman–Crippen LogP) is 4.89. The van der Waals surface area contributed by atoms with Crippen molar-refractivity contribution in [3.63, 3.8) is 0 Å². The lowest BCUT2D eigenvalue weighted by atomic mass is 9.54. The van der Waals surface area contributed by atoms with Crippen molar-refractivity contribution in [1.29, 1.82) is 0 Å². The lowest BCUT2D eigenvalue weighted by Crippen LogP contribution is -2.41. The van der Waals surface area contributed by atoms with Gasteiger partial charge in [-0.25, -0.2) is 0 Å². The van der Waals surface area contributed by atoms with Crippen LogP contribution < -0.4 is 0 Å². The fraction of sp³-hybridized carbons (Fsp3) is 1.00. The van der Waals surface area contributed by atoms with Crippen molar-refractivity contribution in [2.75, 3.05) is 0 Å². The number of hydrogen-bond donors (Lipinski definition) is 0. The highest BCUT2D eigenvalue weighted by Gasteiger charge is 2.44. The molecule has 0 amide bonds. The Balaban J connectivity index is 2.57. The van der Waals surface area contributed by atoms with E-state index in [0.717, 1.165) is 11.8 Å². The summed E-state index contributed by atoms with van der Waals surface area (Å²) in [6.45, 7) is 14.4. The Hall–Kier alpha value is 0. The van der Waals surface area contributed by atoms with Crippen LogP contribution in [0.3, 0.4) is 0 Å². The molecule has 0 heteroatoms. The van der Waals surface area contributed by atoms with Crippen LogP contribution in [0.4, 0.5) is 0 Å². The standard InChI is InChI=1S/C14H28/c1-7-12(14(5,6)8-2)11-9-13(3,4)10-11/h11-12H,7-10H2,1-6H3. The lowest BCUT2D eigenvalue weighted by Gasteiger charge is -2.51. The van der Waals surface area contributed by atoms with Gasteiger partial charge in [-0.3, -0.25) is 0 Å². The average Bonchev–Trinajstić information content (AvgIpc) is 2.02. The van der Waals surface area contributed by atoms with E-state index < -0.39 is 0 Å². The van der Waals surface area contributed by atoms with Crippen molar-refractivity contribution in [1.82, 2.24) is 0 Å². The second kappa shape index (κ2) is 3.87. The summed E-state index contributed by atoms with van der Waals surface area (Å²) in [5.41, 5.74) is 1.19. The van der Waals surface area contributed by atoms with Crippen LogP contribution in [0.1, 0.15) is 67.2 Å². The Labute approximate surface area is 90.5 Å². The highest BCUT2D eigenvalue weighted by molar-refractivity contribution is 4.94. The molecule has 0 heterocycles. The highest BCUT2D eigenvalue weighted by atomic mass is 14.5. The third kappa shape index (κ3) is 2.32. The fourth-order valence-corrected chi connectivity index (χ4v) is 3.43. The van der Waals surface area contributed by atoms with Crippen molar-refractivity contribution in [3.05, 3.63) is 0 Å². The van der Waals surface area contributed by atoms with E-state index in [2.05, 4.69) is 41.5 Å². The third-order valence-electron chi connectivity index (χ3n) is 4.55. The minimum atomic E-state index is 0.552. The molecule has 0 aromatic carbocycles. The summed E-state index contributed by atoms with van der Waals surface area (Å²) in [5, 5.41) is 0. The summed E-state index contributed by atoms with van der Waals surface area (Å²) < 4.78 is 0. The fourth-order valence-electron chi connectivity index (χ4n) is 3.43. The van der Waals surface area contributed by atoms with Crippen LogP contribution in [-0.2, 0) is 0 Å². The van der Waals surface area contributed by atoms with Crippen molar-refractivity contribution in [2.24, 2.45) is 22.7 Å². The van der Waals surface area contributed by atoms with Crippen molar-refractivity contribution < 1.29 is 0 Å². The molecule has 0 nitrogen and oxygen atoms in total. The van der Waals surface area contributed by atoms with Gasteiger partial charge in [0, 0.05) is 0 Å². The van der Waals surface area contributed by atoms with Gasteiger partial charge in [-0.05, 0) is 35.5 Å². The molecule has 0 bridgehead atoms. The molecule has 0 aliphatic heterocycles. The van der Waals surface area contributed by atoms with E-state index in [9.17, 15) is 0 Å². The topological polar surface area (TPSA) is 0 Å².